The summed E-state index contributed by atoms with van der Waals surface area (Å²) in [6.07, 6.45) is 4.67. The molecule has 0 aliphatic heterocycles. The average molecular weight is 605 g/mol. The van der Waals surface area contributed by atoms with Gasteiger partial charge < -0.3 is 19.6 Å². The van der Waals surface area contributed by atoms with E-state index >= 15 is 0 Å². The van der Waals surface area contributed by atoms with Crippen LogP contribution < -0.4 is 4.74 Å². The number of allylic oxidation sites excluding steroid dienone is 1. The van der Waals surface area contributed by atoms with Crippen molar-refractivity contribution < 1.29 is 23.1 Å². The molecule has 3 aromatic rings. The second-order valence-corrected chi connectivity index (χ2v) is 13.5. The SMILES string of the molecule is CCCCN(C)C(=O)CS(=O)(=O)CCN(C)CCOc1ccc(C2=C(c3ccccc3)CCCc3cc(O)ccc32)cc1. The van der Waals surface area contributed by atoms with Crippen LogP contribution in [0.15, 0.2) is 72.8 Å². The van der Waals surface area contributed by atoms with Gasteiger partial charge in [-0.05, 0) is 90.4 Å². The van der Waals surface area contributed by atoms with E-state index in [1.54, 1.807) is 13.1 Å². The Hall–Kier alpha value is -3.62. The van der Waals surface area contributed by atoms with E-state index < -0.39 is 15.6 Å². The second-order valence-electron chi connectivity index (χ2n) is 11.4. The van der Waals surface area contributed by atoms with Crippen LogP contribution in [0.4, 0.5) is 0 Å². The molecular formula is C35H44N2O5S. The number of rotatable bonds is 14. The highest BCUT2D eigenvalue weighted by Crippen LogP contribution is 2.40. The summed E-state index contributed by atoms with van der Waals surface area (Å²) < 4.78 is 31.0. The van der Waals surface area contributed by atoms with Crippen LogP contribution in [0.1, 0.15) is 54.9 Å². The molecule has 1 aliphatic carbocycles. The molecular weight excluding hydrogens is 560 g/mol. The Balaban J connectivity index is 1.37. The second kappa shape index (κ2) is 15.2. The third kappa shape index (κ3) is 9.18. The monoisotopic (exact) mass is 604 g/mol. The maximum absolute atomic E-state index is 12.5. The van der Waals surface area contributed by atoms with E-state index in [0.717, 1.165) is 54.5 Å². The summed E-state index contributed by atoms with van der Waals surface area (Å²) in [7, 11) is 0.0323. The summed E-state index contributed by atoms with van der Waals surface area (Å²) in [4.78, 5) is 15.7. The number of ether oxygens (including phenoxy) is 1. The van der Waals surface area contributed by atoms with Crippen LogP contribution in [0, 0.1) is 0 Å². The van der Waals surface area contributed by atoms with Gasteiger partial charge in [0.2, 0.25) is 5.91 Å². The molecule has 0 atom stereocenters. The van der Waals surface area contributed by atoms with E-state index in [9.17, 15) is 18.3 Å². The molecule has 0 spiro atoms. The first-order valence-electron chi connectivity index (χ1n) is 15.1. The number of aromatic hydroxyl groups is 1. The van der Waals surface area contributed by atoms with Gasteiger partial charge in [-0.3, -0.25) is 4.79 Å². The van der Waals surface area contributed by atoms with Crippen LogP contribution in [-0.2, 0) is 21.1 Å². The lowest BCUT2D eigenvalue weighted by Gasteiger charge is -2.19. The van der Waals surface area contributed by atoms with E-state index in [4.69, 9.17) is 4.74 Å². The fraction of sp³-hybridized carbons (Fsp3) is 0.400. The van der Waals surface area contributed by atoms with E-state index in [1.807, 2.05) is 49.2 Å². The minimum Gasteiger partial charge on any atom is -0.508 e. The molecule has 1 aliphatic rings. The summed E-state index contributed by atoms with van der Waals surface area (Å²) in [5, 5.41) is 10.2. The fourth-order valence-corrected chi connectivity index (χ4v) is 6.70. The molecule has 0 unspecified atom stereocenters. The zero-order valence-corrected chi connectivity index (χ0v) is 26.4. The number of carbonyl (C=O) groups excluding carboxylic acids is 1. The first kappa shape index (κ1) is 32.3. The molecule has 0 heterocycles. The first-order chi connectivity index (χ1) is 20.7. The summed E-state index contributed by atoms with van der Waals surface area (Å²) in [6, 6.07) is 24.3. The number of benzene rings is 3. The van der Waals surface area contributed by atoms with Crippen molar-refractivity contribution in [3.05, 3.63) is 95.1 Å². The molecule has 4 rings (SSSR count). The maximum Gasteiger partial charge on any atom is 0.237 e. The Morgan fingerprint density at radius 2 is 1.65 bits per heavy atom. The Morgan fingerprint density at radius 3 is 2.37 bits per heavy atom. The van der Waals surface area contributed by atoms with Crippen molar-refractivity contribution in [2.75, 3.05) is 51.8 Å². The molecule has 0 saturated heterocycles. The number of fused-ring (bicyclic) bond motifs is 1. The number of aryl methyl sites for hydroxylation is 1. The average Bonchev–Trinajstić information content (AvgIpc) is 3.18. The Labute approximate surface area is 256 Å². The zero-order chi connectivity index (χ0) is 30.8. The maximum atomic E-state index is 12.5. The van der Waals surface area contributed by atoms with Crippen LogP contribution in [0.25, 0.3) is 11.1 Å². The molecule has 1 amide bonds. The van der Waals surface area contributed by atoms with Gasteiger partial charge in [0, 0.05) is 26.7 Å². The Morgan fingerprint density at radius 1 is 0.907 bits per heavy atom. The fourth-order valence-electron chi connectivity index (χ4n) is 5.37. The lowest BCUT2D eigenvalue weighted by atomic mass is 9.88. The minimum atomic E-state index is -3.48. The van der Waals surface area contributed by atoms with E-state index in [0.29, 0.717) is 26.2 Å². The number of hydrogen-bond acceptors (Lipinski definition) is 6. The highest BCUT2D eigenvalue weighted by Gasteiger charge is 2.21. The molecule has 0 saturated carbocycles. The van der Waals surface area contributed by atoms with Crippen molar-refractivity contribution >= 4 is 26.9 Å². The number of carbonyl (C=O) groups is 1. The van der Waals surface area contributed by atoms with Gasteiger partial charge in [-0.15, -0.1) is 0 Å². The summed E-state index contributed by atoms with van der Waals surface area (Å²) in [5.41, 5.74) is 7.08. The molecule has 0 bridgehead atoms. The lowest BCUT2D eigenvalue weighted by molar-refractivity contribution is -0.127. The molecule has 0 aromatic heterocycles. The van der Waals surface area contributed by atoms with Crippen molar-refractivity contribution in [3.8, 4) is 11.5 Å². The molecule has 3 aromatic carbocycles. The van der Waals surface area contributed by atoms with Gasteiger partial charge in [0.05, 0.1) is 5.75 Å². The minimum absolute atomic E-state index is 0.0658. The number of nitrogens with zero attached hydrogens (tertiary/aromatic N) is 2. The number of sulfone groups is 1. The molecule has 0 radical (unpaired) electrons. The van der Waals surface area contributed by atoms with Gasteiger partial charge in [-0.25, -0.2) is 8.42 Å². The third-order valence-electron chi connectivity index (χ3n) is 7.94. The van der Waals surface area contributed by atoms with Gasteiger partial charge in [0.1, 0.15) is 23.9 Å². The molecule has 43 heavy (non-hydrogen) atoms. The number of amides is 1. The number of phenols is 1. The van der Waals surface area contributed by atoms with Gasteiger partial charge in [0.15, 0.2) is 9.84 Å². The molecule has 7 nitrogen and oxygen atoms in total. The van der Waals surface area contributed by atoms with Crippen molar-refractivity contribution in [1.29, 1.82) is 0 Å². The molecule has 8 heteroatoms. The molecule has 0 fully saturated rings. The number of unbranched alkanes of at least 4 members (excludes halogenated alkanes) is 1. The van der Waals surface area contributed by atoms with Crippen LogP contribution >= 0.6 is 0 Å². The van der Waals surface area contributed by atoms with Crippen molar-refractivity contribution in [2.24, 2.45) is 0 Å². The predicted molar refractivity (Wildman–Crippen MR) is 174 cm³/mol. The van der Waals surface area contributed by atoms with Gasteiger partial charge in [-0.1, -0.05) is 61.9 Å². The van der Waals surface area contributed by atoms with Crippen molar-refractivity contribution in [3.63, 3.8) is 0 Å². The smallest absolute Gasteiger partial charge is 0.237 e. The number of likely N-dealkylation sites (N-methyl/N-ethyl adjacent to an activating group) is 1. The lowest BCUT2D eigenvalue weighted by Crippen LogP contribution is -2.36. The highest BCUT2D eigenvalue weighted by molar-refractivity contribution is 7.92. The molecule has 1 N–H and O–H groups in total. The van der Waals surface area contributed by atoms with Crippen LogP contribution in [0.2, 0.25) is 0 Å². The topological polar surface area (TPSA) is 87.2 Å². The number of hydrogen-bond donors (Lipinski definition) is 1. The van der Waals surface area contributed by atoms with Gasteiger partial charge in [-0.2, -0.15) is 0 Å². The van der Waals surface area contributed by atoms with Crippen molar-refractivity contribution in [2.45, 2.75) is 39.0 Å². The summed E-state index contributed by atoms with van der Waals surface area (Å²) in [5.74, 6) is 0.171. The van der Waals surface area contributed by atoms with Crippen LogP contribution in [0.3, 0.4) is 0 Å². The van der Waals surface area contributed by atoms with E-state index in [1.165, 1.54) is 21.6 Å². The number of phenolic OH excluding ortho intramolecular Hbond substituents is 1. The Kier molecular flexibility index (Phi) is 11.4. The van der Waals surface area contributed by atoms with E-state index in [-0.39, 0.29) is 17.4 Å². The summed E-state index contributed by atoms with van der Waals surface area (Å²) >= 11 is 0. The summed E-state index contributed by atoms with van der Waals surface area (Å²) in [6.45, 7) is 3.92. The molecule has 230 valence electrons. The van der Waals surface area contributed by atoms with Crippen LogP contribution in [-0.4, -0.2) is 81.1 Å². The predicted octanol–water partition coefficient (Wildman–Crippen LogP) is 5.67. The van der Waals surface area contributed by atoms with Gasteiger partial charge >= 0.3 is 0 Å². The van der Waals surface area contributed by atoms with Crippen LogP contribution in [0.5, 0.6) is 11.5 Å². The van der Waals surface area contributed by atoms with E-state index in [2.05, 4.69) is 36.4 Å². The highest BCUT2D eigenvalue weighted by atomic mass is 32.2. The van der Waals surface area contributed by atoms with Crippen molar-refractivity contribution in [1.82, 2.24) is 9.80 Å². The Bertz CT molecular complexity index is 1500. The van der Waals surface area contributed by atoms with Gasteiger partial charge in [0.25, 0.3) is 0 Å². The quantitative estimate of drug-likeness (QED) is 0.255. The third-order valence-corrected chi connectivity index (χ3v) is 9.43. The largest absolute Gasteiger partial charge is 0.508 e. The normalized spacial score (nSPS) is 13.5. The first-order valence-corrected chi connectivity index (χ1v) is 17.0. The standard InChI is InChI=1S/C35H44N2O5S/c1-4-5-20-37(3)34(39)26-43(40,41)24-22-36(2)21-23-42-31-17-14-28(15-18-31)35-32(27-10-7-6-8-11-27)13-9-12-29-25-30(38)16-19-33(29)35/h6-8,10-11,14-19,25,38H,4-5,9,12-13,20-24,26H2,1-3H3. The zero-order valence-electron chi connectivity index (χ0n) is 25.6.